The second kappa shape index (κ2) is 12.1. The van der Waals surface area contributed by atoms with Crippen LogP contribution in [0.5, 0.6) is 5.75 Å². The van der Waals surface area contributed by atoms with Gasteiger partial charge in [0.05, 0.1) is 15.9 Å². The average Bonchev–Trinajstić information content (AvgIpc) is 3.64. The number of β-amino-alcohol motifs (C(OH)–C–C–N with tert-alkyl or cyclic N) is 1. The Balaban J connectivity index is 0.947. The smallest absolute Gasteiger partial charge is 0.124 e. The fourth-order valence-corrected chi connectivity index (χ4v) is 6.03. The Bertz CT molecular complexity index is 1480. The maximum atomic E-state index is 10.7. The van der Waals surface area contributed by atoms with Gasteiger partial charge in [-0.05, 0) is 17.7 Å². The fourth-order valence-electron chi connectivity index (χ4n) is 5.08. The first-order valence-corrected chi connectivity index (χ1v) is 14.3. The minimum absolute atomic E-state index is 0.267. The lowest BCUT2D eigenvalue weighted by molar-refractivity contribution is 0.0463. The quantitative estimate of drug-likeness (QED) is 0.261. The molecule has 6 rings (SSSR count). The van der Waals surface area contributed by atoms with Gasteiger partial charge in [-0.3, -0.25) is 10.00 Å². The third-order valence-corrected chi connectivity index (χ3v) is 8.31. The molecule has 1 fully saturated rings. The topological polar surface area (TPSA) is 77.5 Å². The number of aliphatic hydroxyl groups is 1. The summed E-state index contributed by atoms with van der Waals surface area (Å²) in [6.07, 6.45) is 2.36. The Morgan fingerprint density at radius 1 is 0.897 bits per heavy atom. The number of benzene rings is 3. The molecule has 1 atom stereocenters. The predicted octanol–water partition coefficient (Wildman–Crippen LogP) is 4.95. The second-order valence-electron chi connectivity index (χ2n) is 9.98. The summed E-state index contributed by atoms with van der Waals surface area (Å²) in [5, 5.41) is 19.2. The standard InChI is InChI=1S/C31H33N5O2S/c37-25(22-38-26-11-12-30-29(19-26)33-31(39-30)24-9-5-2-6-10-24)21-36-17-15-35(16-18-36)14-13-28-27(20-32-34-28)23-7-3-1-4-8-23/h1-12,19-20,25,37H,13-18,21-22H2,(H,32,34)/t25-/m1/s1. The van der Waals surface area contributed by atoms with Crippen molar-refractivity contribution < 1.29 is 9.84 Å². The molecule has 0 amide bonds. The highest BCUT2D eigenvalue weighted by Crippen LogP contribution is 2.32. The van der Waals surface area contributed by atoms with Crippen molar-refractivity contribution in [1.29, 1.82) is 0 Å². The van der Waals surface area contributed by atoms with E-state index in [1.165, 1.54) is 11.1 Å². The van der Waals surface area contributed by atoms with Gasteiger partial charge >= 0.3 is 0 Å². The Labute approximate surface area is 232 Å². The largest absolute Gasteiger partial charge is 0.491 e. The van der Waals surface area contributed by atoms with E-state index in [0.717, 1.165) is 71.4 Å². The number of piperazine rings is 1. The minimum Gasteiger partial charge on any atom is -0.491 e. The van der Waals surface area contributed by atoms with E-state index in [1.807, 2.05) is 48.7 Å². The summed E-state index contributed by atoms with van der Waals surface area (Å²) in [7, 11) is 0. The van der Waals surface area contributed by atoms with E-state index in [2.05, 4.69) is 56.4 Å². The zero-order valence-electron chi connectivity index (χ0n) is 21.9. The highest BCUT2D eigenvalue weighted by molar-refractivity contribution is 7.21. The van der Waals surface area contributed by atoms with Gasteiger partial charge in [0.2, 0.25) is 0 Å². The van der Waals surface area contributed by atoms with Crippen LogP contribution in [0.3, 0.4) is 0 Å². The Morgan fingerprint density at radius 2 is 1.62 bits per heavy atom. The number of aromatic amines is 1. The number of hydrogen-bond donors (Lipinski definition) is 2. The summed E-state index contributed by atoms with van der Waals surface area (Å²) in [5.74, 6) is 0.740. The monoisotopic (exact) mass is 539 g/mol. The molecule has 1 aliphatic rings. The number of ether oxygens (including phenoxy) is 1. The van der Waals surface area contributed by atoms with E-state index >= 15 is 0 Å². The van der Waals surface area contributed by atoms with E-state index in [4.69, 9.17) is 9.72 Å². The van der Waals surface area contributed by atoms with Crippen molar-refractivity contribution in [3.05, 3.63) is 90.8 Å². The van der Waals surface area contributed by atoms with Gasteiger partial charge in [-0.1, -0.05) is 60.7 Å². The molecule has 0 radical (unpaired) electrons. The van der Waals surface area contributed by atoms with Crippen molar-refractivity contribution in [1.82, 2.24) is 25.0 Å². The van der Waals surface area contributed by atoms with Crippen LogP contribution in [0.1, 0.15) is 5.69 Å². The number of thiazole rings is 1. The zero-order chi connectivity index (χ0) is 26.4. The summed E-state index contributed by atoms with van der Waals surface area (Å²) in [4.78, 5) is 9.59. The molecule has 0 spiro atoms. The first kappa shape index (κ1) is 25.7. The van der Waals surface area contributed by atoms with E-state index in [1.54, 1.807) is 11.3 Å². The zero-order valence-corrected chi connectivity index (χ0v) is 22.7. The molecule has 0 bridgehead atoms. The first-order chi connectivity index (χ1) is 19.2. The van der Waals surface area contributed by atoms with Gasteiger partial charge in [0.1, 0.15) is 23.5 Å². The van der Waals surface area contributed by atoms with E-state index in [9.17, 15) is 5.11 Å². The number of rotatable bonds is 10. The van der Waals surface area contributed by atoms with Crippen LogP contribution < -0.4 is 4.74 Å². The van der Waals surface area contributed by atoms with Crippen LogP contribution >= 0.6 is 11.3 Å². The van der Waals surface area contributed by atoms with Gasteiger partial charge in [-0.25, -0.2) is 4.98 Å². The second-order valence-corrected chi connectivity index (χ2v) is 11.0. The molecule has 3 heterocycles. The number of aromatic nitrogens is 3. The number of hydrogen-bond acceptors (Lipinski definition) is 7. The van der Waals surface area contributed by atoms with Crippen LogP contribution in [0.15, 0.2) is 85.1 Å². The van der Waals surface area contributed by atoms with E-state index < -0.39 is 6.10 Å². The summed E-state index contributed by atoms with van der Waals surface area (Å²) >= 11 is 1.68. The molecular weight excluding hydrogens is 506 g/mol. The van der Waals surface area contributed by atoms with E-state index in [0.29, 0.717) is 6.54 Å². The van der Waals surface area contributed by atoms with Gasteiger partial charge in [-0.2, -0.15) is 5.10 Å². The molecule has 200 valence electrons. The lowest BCUT2D eigenvalue weighted by Crippen LogP contribution is -2.49. The summed E-state index contributed by atoms with van der Waals surface area (Å²) in [6, 6.07) is 26.6. The average molecular weight is 540 g/mol. The van der Waals surface area contributed by atoms with Crippen LogP contribution in [0.25, 0.3) is 31.9 Å². The first-order valence-electron chi connectivity index (χ1n) is 13.5. The molecule has 2 aromatic heterocycles. The number of nitrogens with zero attached hydrogens (tertiary/aromatic N) is 4. The molecule has 5 aromatic rings. The van der Waals surface area contributed by atoms with Crippen molar-refractivity contribution in [3.8, 4) is 27.4 Å². The molecular formula is C31H33N5O2S. The number of aliphatic hydroxyl groups excluding tert-OH is 1. The molecule has 39 heavy (non-hydrogen) atoms. The SMILES string of the molecule is O[C@@H](COc1ccc2sc(-c3ccccc3)nc2c1)CN1CCN(CCc2n[nH]cc2-c2ccccc2)CC1. The van der Waals surface area contributed by atoms with Gasteiger partial charge in [-0.15, -0.1) is 11.3 Å². The van der Waals surface area contributed by atoms with Crippen LogP contribution in [0.2, 0.25) is 0 Å². The maximum Gasteiger partial charge on any atom is 0.124 e. The molecule has 0 aliphatic carbocycles. The lowest BCUT2D eigenvalue weighted by atomic mass is 10.0. The summed E-state index contributed by atoms with van der Waals surface area (Å²) in [5.41, 5.74) is 5.54. The number of H-pyrrole nitrogens is 1. The van der Waals surface area contributed by atoms with E-state index in [-0.39, 0.29) is 6.61 Å². The Kier molecular flexibility index (Phi) is 7.97. The van der Waals surface area contributed by atoms with Gasteiger partial charge in [0.25, 0.3) is 0 Å². The molecule has 0 saturated carbocycles. The maximum absolute atomic E-state index is 10.7. The third kappa shape index (κ3) is 6.37. The van der Waals surface area contributed by atoms with Crippen LogP contribution in [-0.2, 0) is 6.42 Å². The van der Waals surface area contributed by atoms with Crippen molar-refractivity contribution in [2.24, 2.45) is 0 Å². The van der Waals surface area contributed by atoms with Crippen LogP contribution in [-0.4, -0.2) is 82.1 Å². The molecule has 1 saturated heterocycles. The Hall–Kier alpha value is -3.56. The summed E-state index contributed by atoms with van der Waals surface area (Å²) < 4.78 is 7.08. The van der Waals surface area contributed by atoms with Crippen LogP contribution in [0.4, 0.5) is 0 Å². The molecule has 0 unspecified atom stereocenters. The molecule has 2 N–H and O–H groups in total. The van der Waals surface area contributed by atoms with Crippen molar-refractivity contribution in [2.45, 2.75) is 12.5 Å². The number of fused-ring (bicyclic) bond motifs is 1. The van der Waals surface area contributed by atoms with Gasteiger partial charge < -0.3 is 14.7 Å². The Morgan fingerprint density at radius 3 is 2.38 bits per heavy atom. The summed E-state index contributed by atoms with van der Waals surface area (Å²) in [6.45, 7) is 5.72. The third-order valence-electron chi connectivity index (χ3n) is 7.22. The molecule has 7 nitrogen and oxygen atoms in total. The lowest BCUT2D eigenvalue weighted by Gasteiger charge is -2.35. The normalized spacial score (nSPS) is 15.5. The van der Waals surface area contributed by atoms with Crippen molar-refractivity contribution >= 4 is 21.6 Å². The van der Waals surface area contributed by atoms with Crippen molar-refractivity contribution in [2.75, 3.05) is 45.9 Å². The highest BCUT2D eigenvalue weighted by atomic mass is 32.1. The van der Waals surface area contributed by atoms with Crippen molar-refractivity contribution in [3.63, 3.8) is 0 Å². The minimum atomic E-state index is -0.542. The van der Waals surface area contributed by atoms with Crippen LogP contribution in [0, 0.1) is 0 Å². The van der Waals surface area contributed by atoms with Gasteiger partial charge in [0, 0.05) is 69.1 Å². The predicted molar refractivity (Wildman–Crippen MR) is 157 cm³/mol. The molecule has 1 aliphatic heterocycles. The molecule has 8 heteroatoms. The fraction of sp³-hybridized carbons (Fsp3) is 0.290. The molecule has 3 aromatic carbocycles. The number of nitrogens with one attached hydrogen (secondary N) is 1. The van der Waals surface area contributed by atoms with Gasteiger partial charge in [0.15, 0.2) is 0 Å². The highest BCUT2D eigenvalue weighted by Gasteiger charge is 2.20.